The Bertz CT molecular complexity index is 2200. The number of fused-ring (bicyclic) bond motifs is 1. The van der Waals surface area contributed by atoms with Crippen molar-refractivity contribution < 1.29 is 142 Å². The van der Waals surface area contributed by atoms with Crippen LogP contribution in [0.3, 0.4) is 0 Å². The van der Waals surface area contributed by atoms with Crippen molar-refractivity contribution in [1.29, 1.82) is 0 Å². The zero-order chi connectivity index (χ0) is 32.1. The van der Waals surface area contributed by atoms with Crippen molar-refractivity contribution in [3.63, 3.8) is 0 Å². The van der Waals surface area contributed by atoms with Crippen LogP contribution in [0.15, 0.2) is 39.5 Å². The summed E-state index contributed by atoms with van der Waals surface area (Å²) in [7, 11) is -27.4. The zero-order valence-corrected chi connectivity index (χ0v) is 27.3. The first-order valence-electron chi connectivity index (χ1n) is 9.44. The second-order valence-electron chi connectivity index (χ2n) is 7.10. The summed E-state index contributed by atoms with van der Waals surface area (Å²) in [5.74, 6) is -7.57. The topological polar surface area (TPSA) is 348 Å². The quantitative estimate of drug-likeness (QED) is 0.0934. The van der Waals surface area contributed by atoms with E-state index in [0.717, 1.165) is 0 Å². The van der Waals surface area contributed by atoms with Gasteiger partial charge in [-0.1, -0.05) is 0 Å². The molecule has 1 aromatic heterocycles. The smallest absolute Gasteiger partial charge is 0.452 e. The maximum Gasteiger partial charge on any atom is 1.00 e. The van der Waals surface area contributed by atoms with E-state index in [1.54, 1.807) is 0 Å². The van der Waals surface area contributed by atoms with Crippen LogP contribution < -0.4 is 77.7 Å². The molecule has 1 heterocycles. The average molecular weight is 742 g/mol. The molecule has 0 saturated heterocycles. The van der Waals surface area contributed by atoms with Gasteiger partial charge in [0.1, 0.15) is 11.0 Å². The van der Waals surface area contributed by atoms with Gasteiger partial charge in [-0.2, -0.15) is 42.1 Å². The van der Waals surface area contributed by atoms with Crippen LogP contribution in [0, 0.1) is 0 Å². The fourth-order valence-corrected chi connectivity index (χ4v) is 4.75. The third kappa shape index (κ3) is 11.1. The van der Waals surface area contributed by atoms with Gasteiger partial charge in [-0.25, -0.2) is 0 Å². The van der Waals surface area contributed by atoms with Crippen LogP contribution in [0.1, 0.15) is 0 Å². The summed E-state index contributed by atoms with van der Waals surface area (Å²) < 4.78 is 183. The Kier molecular flexibility index (Phi) is 10.9. The molecule has 3 aromatic rings. The number of hydrogen-bond acceptors (Lipinski definition) is 17. The summed E-state index contributed by atoms with van der Waals surface area (Å²) in [5.41, 5.74) is -3.53. The Labute approximate surface area is 282 Å². The van der Waals surface area contributed by atoms with E-state index in [4.69, 9.17) is 22.6 Å². The first-order valence-corrected chi connectivity index (χ1v) is 16.3. The molecule has 0 radical (unpaired) electrons. The van der Waals surface area contributed by atoms with Crippen molar-refractivity contribution in [1.82, 2.24) is 0 Å². The Morgan fingerprint density at radius 1 is 0.558 bits per heavy atom. The van der Waals surface area contributed by atoms with E-state index in [9.17, 15) is 51.4 Å². The van der Waals surface area contributed by atoms with Gasteiger partial charge in [-0.3, -0.25) is 27.6 Å². The summed E-state index contributed by atoms with van der Waals surface area (Å²) in [6.07, 6.45) is 0. The van der Waals surface area contributed by atoms with Gasteiger partial charge in [0.05, 0.1) is 0 Å². The van der Waals surface area contributed by atoms with Gasteiger partial charge in [0.25, 0.3) is 0 Å². The van der Waals surface area contributed by atoms with Gasteiger partial charge >= 0.3 is 103 Å². The maximum absolute atomic E-state index is 13.2. The molecule has 0 unspecified atom stereocenters. The standard InChI is InChI=1S/C15H10O22S5.K/c16-13-12-10(4-7(33-38(17,18)19)5-11(12)36-41(26,27)28)32-14(15(13)37-42(29,30)31)6-1-2-8(34-39(20,21)22)9(3-6)35-40(23,24)25;/h1-5H,(H,17,18,19)(H,20,21,22)(H,23,24,25)(H,26,27,28)(H,29,30,31);/q;+1. The van der Waals surface area contributed by atoms with Gasteiger partial charge in [0.2, 0.25) is 11.2 Å². The largest absolute Gasteiger partial charge is 1.00 e. The fraction of sp³-hybridized carbons (Fsp3) is 0. The molecule has 0 saturated carbocycles. The number of rotatable bonds is 11. The molecule has 232 valence electrons. The molecule has 3 rings (SSSR count). The first kappa shape index (κ1) is 37.0. The van der Waals surface area contributed by atoms with Crippen molar-refractivity contribution in [3.8, 4) is 40.1 Å². The summed E-state index contributed by atoms with van der Waals surface area (Å²) in [5, 5.41) is -1.15. The van der Waals surface area contributed by atoms with Crippen LogP contribution in [-0.4, -0.2) is 64.9 Å². The van der Waals surface area contributed by atoms with Crippen LogP contribution in [0.5, 0.6) is 28.7 Å². The molecule has 0 amide bonds. The Hall–Kier alpha value is -2.16. The third-order valence-electron chi connectivity index (χ3n) is 4.07. The van der Waals surface area contributed by atoms with Gasteiger partial charge in [0, 0.05) is 17.7 Å². The molecule has 2 aromatic carbocycles. The van der Waals surface area contributed by atoms with Crippen molar-refractivity contribution >= 4 is 63.0 Å². The second kappa shape index (κ2) is 12.7. The van der Waals surface area contributed by atoms with Crippen molar-refractivity contribution in [2.24, 2.45) is 0 Å². The van der Waals surface area contributed by atoms with E-state index < -0.39 is 108 Å². The summed E-state index contributed by atoms with van der Waals surface area (Å²) in [6, 6.07) is 2.22. The number of benzene rings is 2. The fourth-order valence-electron chi connectivity index (χ4n) is 2.97. The molecule has 22 nitrogen and oxygen atoms in total. The molecule has 28 heteroatoms. The Morgan fingerprint density at radius 2 is 1.02 bits per heavy atom. The summed E-state index contributed by atoms with van der Waals surface area (Å²) >= 11 is 0. The van der Waals surface area contributed by atoms with E-state index in [-0.39, 0.29) is 57.5 Å². The molecule has 5 N–H and O–H groups in total. The maximum atomic E-state index is 13.2. The molecule has 0 aliphatic carbocycles. The van der Waals surface area contributed by atoms with Crippen LogP contribution in [0.25, 0.3) is 22.3 Å². The van der Waals surface area contributed by atoms with Crippen molar-refractivity contribution in [2.45, 2.75) is 0 Å². The van der Waals surface area contributed by atoms with Gasteiger partial charge in [-0.15, -0.1) is 0 Å². The summed E-state index contributed by atoms with van der Waals surface area (Å²) in [4.78, 5) is 13.2. The van der Waals surface area contributed by atoms with Crippen molar-refractivity contribution in [3.05, 3.63) is 40.6 Å². The SMILES string of the molecule is O=c1c(OS(=O)(=O)O)c(-c2ccc(OS(=O)(=O)O)c(OS(=O)(=O)O)c2)oc2cc(OS(=O)(=O)O)cc(OS(=O)(=O)O)c12.[K+]. The van der Waals surface area contributed by atoms with Gasteiger partial charge in [0.15, 0.2) is 28.8 Å². The molecule has 0 aliphatic heterocycles. The molecule has 0 atom stereocenters. The third-order valence-corrected chi connectivity index (χ3v) is 6.02. The van der Waals surface area contributed by atoms with E-state index in [1.807, 2.05) is 0 Å². The number of hydrogen-bond donors (Lipinski definition) is 5. The zero-order valence-electron chi connectivity index (χ0n) is 20.1. The molecule has 0 fully saturated rings. The molecular formula is C15H10KO22S5+. The average Bonchev–Trinajstić information content (AvgIpc) is 2.71. The van der Waals surface area contributed by atoms with E-state index >= 15 is 0 Å². The van der Waals surface area contributed by atoms with Crippen LogP contribution in [0.2, 0.25) is 0 Å². The predicted octanol–water partition coefficient (Wildman–Crippen LogP) is -3.63. The van der Waals surface area contributed by atoms with Gasteiger partial charge < -0.3 is 25.3 Å². The monoisotopic (exact) mass is 741 g/mol. The molecule has 0 bridgehead atoms. The Balaban J connectivity index is 0.00000645. The van der Waals surface area contributed by atoms with Crippen molar-refractivity contribution in [2.75, 3.05) is 0 Å². The molecule has 0 aliphatic rings. The minimum absolute atomic E-state index is 0. The molecular weight excluding hydrogens is 732 g/mol. The molecule has 0 spiro atoms. The Morgan fingerprint density at radius 3 is 1.51 bits per heavy atom. The van der Waals surface area contributed by atoms with Crippen LogP contribution in [-0.2, 0) is 52.0 Å². The van der Waals surface area contributed by atoms with E-state index in [1.165, 1.54) is 0 Å². The minimum atomic E-state index is -5.66. The second-order valence-corrected chi connectivity index (χ2v) is 12.2. The first-order chi connectivity index (χ1) is 18.8. The normalized spacial score (nSPS) is 12.7. The van der Waals surface area contributed by atoms with Crippen LogP contribution in [0.4, 0.5) is 0 Å². The molecule has 43 heavy (non-hydrogen) atoms. The minimum Gasteiger partial charge on any atom is -0.452 e. The van der Waals surface area contributed by atoms with E-state index in [2.05, 4.69) is 20.9 Å². The van der Waals surface area contributed by atoms with Gasteiger partial charge in [-0.05, 0) is 18.2 Å². The van der Waals surface area contributed by atoms with Crippen LogP contribution >= 0.6 is 0 Å². The summed E-state index contributed by atoms with van der Waals surface area (Å²) in [6.45, 7) is 0. The van der Waals surface area contributed by atoms with E-state index in [0.29, 0.717) is 24.3 Å². The predicted molar refractivity (Wildman–Crippen MR) is 129 cm³/mol.